The lowest BCUT2D eigenvalue weighted by Gasteiger charge is -2.13. The fourth-order valence-electron chi connectivity index (χ4n) is 3.79. The predicted molar refractivity (Wildman–Crippen MR) is 164 cm³/mol. The third kappa shape index (κ3) is 7.29. The van der Waals surface area contributed by atoms with Crippen molar-refractivity contribution in [3.8, 4) is 40.6 Å². The largest absolute Gasteiger partial charge is 0.496 e. The summed E-state index contributed by atoms with van der Waals surface area (Å²) in [6, 6.07) is 22.5. The van der Waals surface area contributed by atoms with E-state index in [1.54, 1.807) is 54.6 Å². The van der Waals surface area contributed by atoms with E-state index in [-0.39, 0.29) is 11.5 Å². The lowest BCUT2D eigenvalue weighted by molar-refractivity contribution is 0.0730. The summed E-state index contributed by atoms with van der Waals surface area (Å²) in [6.07, 6.45) is 0. The highest BCUT2D eigenvalue weighted by atomic mass is 127. The molecule has 0 aliphatic heterocycles. The SMILES string of the molecule is COc1cc(OC)c(C(=O)Oc2ccc(C#Cc3ccc(NC(=O)c4cc(I)ccc4OC)cc3)cc2)cc1OC. The van der Waals surface area contributed by atoms with Gasteiger partial charge in [0.1, 0.15) is 22.8 Å². The summed E-state index contributed by atoms with van der Waals surface area (Å²) in [5.41, 5.74) is 2.80. The zero-order valence-corrected chi connectivity index (χ0v) is 24.9. The van der Waals surface area contributed by atoms with Gasteiger partial charge in [0.2, 0.25) is 0 Å². The molecule has 4 aromatic carbocycles. The van der Waals surface area contributed by atoms with Crippen molar-refractivity contribution in [3.63, 3.8) is 0 Å². The van der Waals surface area contributed by atoms with Crippen LogP contribution in [0.3, 0.4) is 0 Å². The van der Waals surface area contributed by atoms with Crippen LogP contribution in [0.25, 0.3) is 0 Å². The Labute approximate surface area is 251 Å². The maximum atomic E-state index is 12.8. The van der Waals surface area contributed by atoms with E-state index in [2.05, 4.69) is 39.7 Å². The minimum Gasteiger partial charge on any atom is -0.496 e. The molecular weight excluding hydrogens is 637 g/mol. The zero-order chi connectivity index (χ0) is 29.4. The van der Waals surface area contributed by atoms with Crippen molar-refractivity contribution < 1.29 is 33.3 Å². The molecular formula is C32H26INO7. The van der Waals surface area contributed by atoms with Crippen molar-refractivity contribution in [1.29, 1.82) is 0 Å². The maximum absolute atomic E-state index is 12.8. The molecule has 0 radical (unpaired) electrons. The monoisotopic (exact) mass is 663 g/mol. The molecule has 1 amide bonds. The standard InChI is InChI=1S/C32H26INO7/c1-37-27-16-11-22(33)17-25(27)31(35)34-23-12-7-20(8-13-23)5-6-21-9-14-24(15-10-21)41-32(36)26-18-29(39-3)30(40-4)19-28(26)38-2/h7-19H,1-4H3,(H,34,35). The molecule has 8 nitrogen and oxygen atoms in total. The molecule has 0 unspecified atom stereocenters. The Kier molecular flexibility index (Phi) is 9.71. The quantitative estimate of drug-likeness (QED) is 0.104. The summed E-state index contributed by atoms with van der Waals surface area (Å²) in [5, 5.41) is 2.88. The topological polar surface area (TPSA) is 92.3 Å². The van der Waals surface area contributed by atoms with Crippen LogP contribution in [0.5, 0.6) is 28.7 Å². The molecule has 0 heterocycles. The lowest BCUT2D eigenvalue weighted by atomic mass is 10.1. The van der Waals surface area contributed by atoms with E-state index < -0.39 is 5.97 Å². The van der Waals surface area contributed by atoms with Gasteiger partial charge in [0, 0.05) is 32.5 Å². The van der Waals surface area contributed by atoms with E-state index in [9.17, 15) is 9.59 Å². The van der Waals surface area contributed by atoms with E-state index in [1.807, 2.05) is 18.2 Å². The molecule has 4 aromatic rings. The van der Waals surface area contributed by atoms with Crippen LogP contribution in [0.2, 0.25) is 0 Å². The molecule has 0 spiro atoms. The average Bonchev–Trinajstić information content (AvgIpc) is 3.00. The second-order valence-corrected chi connectivity index (χ2v) is 9.69. The summed E-state index contributed by atoms with van der Waals surface area (Å²) >= 11 is 2.15. The Balaban J connectivity index is 1.40. The fourth-order valence-corrected chi connectivity index (χ4v) is 4.29. The number of anilines is 1. The van der Waals surface area contributed by atoms with Crippen molar-refractivity contribution >= 4 is 40.2 Å². The highest BCUT2D eigenvalue weighted by Crippen LogP contribution is 2.35. The van der Waals surface area contributed by atoms with Crippen LogP contribution < -0.4 is 29.0 Å². The average molecular weight is 663 g/mol. The van der Waals surface area contributed by atoms with Gasteiger partial charge in [-0.15, -0.1) is 0 Å². The van der Waals surface area contributed by atoms with Gasteiger partial charge in [0.05, 0.1) is 34.0 Å². The number of methoxy groups -OCH3 is 4. The van der Waals surface area contributed by atoms with Crippen LogP contribution in [-0.4, -0.2) is 40.3 Å². The van der Waals surface area contributed by atoms with Gasteiger partial charge in [-0.25, -0.2) is 4.79 Å². The third-order valence-electron chi connectivity index (χ3n) is 5.89. The molecule has 0 aromatic heterocycles. The number of rotatable bonds is 8. The highest BCUT2D eigenvalue weighted by Gasteiger charge is 2.19. The normalized spacial score (nSPS) is 10.1. The molecule has 41 heavy (non-hydrogen) atoms. The van der Waals surface area contributed by atoms with Crippen LogP contribution in [0.1, 0.15) is 31.8 Å². The first kappa shape index (κ1) is 29.3. The fraction of sp³-hybridized carbons (Fsp3) is 0.125. The molecule has 0 bridgehead atoms. The number of hydrogen-bond acceptors (Lipinski definition) is 7. The van der Waals surface area contributed by atoms with Gasteiger partial charge in [-0.3, -0.25) is 4.79 Å². The van der Waals surface area contributed by atoms with Gasteiger partial charge < -0.3 is 29.0 Å². The van der Waals surface area contributed by atoms with E-state index in [1.165, 1.54) is 34.5 Å². The number of carbonyl (C=O) groups is 2. The Morgan fingerprint density at radius 2 is 1.20 bits per heavy atom. The number of carbonyl (C=O) groups excluding carboxylic acids is 2. The number of benzene rings is 4. The Morgan fingerprint density at radius 1 is 0.634 bits per heavy atom. The number of amides is 1. The molecule has 0 saturated heterocycles. The smallest absolute Gasteiger partial charge is 0.347 e. The summed E-state index contributed by atoms with van der Waals surface area (Å²) in [5.74, 6) is 7.28. The Bertz CT molecular complexity index is 1620. The second-order valence-electron chi connectivity index (χ2n) is 8.45. The second kappa shape index (κ2) is 13.6. The van der Waals surface area contributed by atoms with E-state index >= 15 is 0 Å². The van der Waals surface area contributed by atoms with Crippen molar-refractivity contribution in [3.05, 3.63) is 105 Å². The number of nitrogens with one attached hydrogen (secondary N) is 1. The number of esters is 1. The van der Waals surface area contributed by atoms with Gasteiger partial charge in [0.25, 0.3) is 5.91 Å². The summed E-state index contributed by atoms with van der Waals surface area (Å²) < 4.78 is 27.6. The number of hydrogen-bond donors (Lipinski definition) is 1. The highest BCUT2D eigenvalue weighted by molar-refractivity contribution is 14.1. The Morgan fingerprint density at radius 3 is 1.78 bits per heavy atom. The first-order chi connectivity index (χ1) is 19.8. The molecule has 0 saturated carbocycles. The van der Waals surface area contributed by atoms with E-state index in [0.717, 1.165) is 14.7 Å². The minimum absolute atomic E-state index is 0.200. The van der Waals surface area contributed by atoms with Crippen molar-refractivity contribution in [1.82, 2.24) is 0 Å². The maximum Gasteiger partial charge on any atom is 0.347 e. The van der Waals surface area contributed by atoms with E-state index in [4.69, 9.17) is 23.7 Å². The molecule has 0 fully saturated rings. The molecule has 4 rings (SSSR count). The minimum atomic E-state index is -0.603. The first-order valence-electron chi connectivity index (χ1n) is 12.2. The molecule has 9 heteroatoms. The molecule has 1 N–H and O–H groups in total. The van der Waals surface area contributed by atoms with Gasteiger partial charge in [-0.1, -0.05) is 11.8 Å². The number of ether oxygens (including phenoxy) is 5. The van der Waals surface area contributed by atoms with Gasteiger partial charge >= 0.3 is 5.97 Å². The zero-order valence-electron chi connectivity index (χ0n) is 22.7. The van der Waals surface area contributed by atoms with Crippen LogP contribution in [0, 0.1) is 15.4 Å². The lowest BCUT2D eigenvalue weighted by Crippen LogP contribution is -2.13. The molecule has 0 aliphatic carbocycles. The molecule has 0 atom stereocenters. The summed E-state index contributed by atoms with van der Waals surface area (Å²) in [4.78, 5) is 25.6. The van der Waals surface area contributed by atoms with Crippen molar-refractivity contribution in [2.24, 2.45) is 0 Å². The molecule has 0 aliphatic rings. The first-order valence-corrected chi connectivity index (χ1v) is 13.3. The van der Waals surface area contributed by atoms with Crippen molar-refractivity contribution in [2.45, 2.75) is 0 Å². The van der Waals surface area contributed by atoms with Crippen LogP contribution in [-0.2, 0) is 0 Å². The number of halogens is 1. The molecule has 208 valence electrons. The third-order valence-corrected chi connectivity index (χ3v) is 6.56. The summed E-state index contributed by atoms with van der Waals surface area (Å²) in [7, 11) is 5.97. The van der Waals surface area contributed by atoms with Gasteiger partial charge in [-0.05, 0) is 89.3 Å². The van der Waals surface area contributed by atoms with E-state index in [0.29, 0.717) is 40.0 Å². The van der Waals surface area contributed by atoms with Crippen LogP contribution in [0.15, 0.2) is 78.9 Å². The van der Waals surface area contributed by atoms with Gasteiger partial charge in [-0.2, -0.15) is 0 Å². The van der Waals surface area contributed by atoms with Crippen molar-refractivity contribution in [2.75, 3.05) is 33.8 Å². The summed E-state index contributed by atoms with van der Waals surface area (Å²) in [6.45, 7) is 0. The van der Waals surface area contributed by atoms with Crippen LogP contribution in [0.4, 0.5) is 5.69 Å². The predicted octanol–water partition coefficient (Wildman–Crippen LogP) is 6.20. The van der Waals surface area contributed by atoms with Gasteiger partial charge in [0.15, 0.2) is 11.5 Å². The van der Waals surface area contributed by atoms with Crippen LogP contribution >= 0.6 is 22.6 Å². The Hall–Kier alpha value is -4.69.